The Kier molecular flexibility index (Phi) is 846. The van der Waals surface area contributed by atoms with Crippen LogP contribution in [0.2, 0.25) is 0 Å². The minimum atomic E-state index is 0. The van der Waals surface area contributed by atoms with Crippen molar-refractivity contribution in [3.63, 3.8) is 0 Å². The van der Waals surface area contributed by atoms with E-state index in [1.54, 1.807) is 0 Å². The zero-order chi connectivity index (χ0) is 0. The van der Waals surface area contributed by atoms with Crippen molar-refractivity contribution < 1.29 is 51.2 Å². The summed E-state index contributed by atoms with van der Waals surface area (Å²) < 4.78 is 0. The topological polar surface area (TPSA) is 0 Å². The predicted molar refractivity (Wildman–Crippen MR) is 37.8 cm³/mol. The van der Waals surface area contributed by atoms with E-state index in [4.69, 9.17) is 0 Å². The molecular weight excluding hydrogens is 296 g/mol. The second-order valence-electron chi connectivity index (χ2n) is 0. The first-order valence-electron chi connectivity index (χ1n) is 0. The van der Waals surface area contributed by atoms with Crippen molar-refractivity contribution in [3.8, 4) is 0 Å². The first-order chi connectivity index (χ1) is 0. The van der Waals surface area contributed by atoms with Crippen LogP contribution in [-0.2, 0) is 105 Å². The van der Waals surface area contributed by atoms with E-state index in [1.165, 1.54) is 0 Å². The fraction of sp³-hybridized carbons (Fsp3) is 0. The molecule has 0 unspecified atom stereocenters. The van der Waals surface area contributed by atoms with Crippen molar-refractivity contribution in [2.24, 2.45) is 0 Å². The fourth-order valence-electron chi connectivity index (χ4n) is 0. The van der Waals surface area contributed by atoms with Gasteiger partial charge in [0.1, 0.15) is 0 Å². The molecule has 56 valence electrons. The molecule has 0 bridgehead atoms. The first kappa shape index (κ1) is 91.3. The van der Waals surface area contributed by atoms with Gasteiger partial charge in [0, 0.05) is 51.2 Å². The second-order valence-corrected chi connectivity index (χ2v) is 0. The largest absolute Gasteiger partial charge is 0.813 e. The summed E-state index contributed by atoms with van der Waals surface area (Å²) in [4.78, 5) is 0. The monoisotopic (exact) mass is 302 g/mol. The van der Waals surface area contributed by atoms with Crippen molar-refractivity contribution in [1.82, 2.24) is 0 Å². The van der Waals surface area contributed by atoms with Gasteiger partial charge in [0.05, 0.1) is 0 Å². The van der Waals surface area contributed by atoms with Crippen molar-refractivity contribution >= 4 is 54.0 Å². The molecular formula is H6Fe3S4-2. The molecule has 0 saturated heterocycles. The summed E-state index contributed by atoms with van der Waals surface area (Å²) >= 11 is 0. The first-order valence-corrected chi connectivity index (χ1v) is 0. The minimum absolute atomic E-state index is 0. The molecule has 7 heteroatoms. The molecule has 0 nitrogen and oxygen atoms in total. The summed E-state index contributed by atoms with van der Waals surface area (Å²) in [6, 6.07) is 0. The third-order valence-corrected chi connectivity index (χ3v) is 0. The van der Waals surface area contributed by atoms with Crippen LogP contribution >= 0.6 is 0 Å². The van der Waals surface area contributed by atoms with Crippen LogP contribution in [0.15, 0.2) is 0 Å². The number of thiol groups is 3. The quantitative estimate of drug-likeness (QED) is 0.228. The Morgan fingerprint density at radius 1 is 0.429 bits per heavy atom. The van der Waals surface area contributed by atoms with E-state index in [1.807, 2.05) is 0 Å². The molecule has 0 aromatic carbocycles. The van der Waals surface area contributed by atoms with Gasteiger partial charge in [-0.05, 0) is 0 Å². The van der Waals surface area contributed by atoms with Crippen LogP contribution < -0.4 is 0 Å². The molecule has 0 spiro atoms. The fourth-order valence-corrected chi connectivity index (χ4v) is 0. The van der Waals surface area contributed by atoms with Crippen molar-refractivity contribution in [3.05, 3.63) is 0 Å². The van der Waals surface area contributed by atoms with Gasteiger partial charge in [0.15, 0.2) is 0 Å². The Bertz CT molecular complexity index is 6.90. The van der Waals surface area contributed by atoms with E-state index < -0.39 is 0 Å². The summed E-state index contributed by atoms with van der Waals surface area (Å²) in [5, 5.41) is 0. The molecule has 0 radical (unpaired) electrons. The van der Waals surface area contributed by atoms with Crippen molar-refractivity contribution in [1.29, 1.82) is 0 Å². The van der Waals surface area contributed by atoms with Gasteiger partial charge in [-0.15, -0.1) is 0 Å². The molecule has 0 aliphatic heterocycles. The smallest absolute Gasteiger partial charge is 0 e. The van der Waals surface area contributed by atoms with Crippen LogP contribution in [0.3, 0.4) is 0 Å². The molecule has 0 rings (SSSR count). The van der Waals surface area contributed by atoms with Crippen LogP contribution in [0, 0.1) is 0 Å². The Morgan fingerprint density at radius 3 is 0.429 bits per heavy atom. The molecule has 0 aromatic heterocycles. The zero-order valence-corrected chi connectivity index (χ0v) is 10.1. The average Bonchev–Trinajstić information content (AvgIpc) is 0. The SMILES string of the molecule is [Fe].[Fe].[Fe].[SH-].[SH-].[SH-].[SH3+]. The van der Waals surface area contributed by atoms with E-state index in [2.05, 4.69) is 0 Å². The normalized spacial score (nSPS) is 0. The van der Waals surface area contributed by atoms with Gasteiger partial charge in [0.2, 0.25) is 0 Å². The van der Waals surface area contributed by atoms with Gasteiger partial charge in [-0.2, -0.15) is 0 Å². The summed E-state index contributed by atoms with van der Waals surface area (Å²) in [6.07, 6.45) is 0. The predicted octanol–water partition coefficient (Wildman–Crippen LogP) is -1.62. The Balaban J connectivity index is 0. The van der Waals surface area contributed by atoms with Crippen LogP contribution in [0.1, 0.15) is 0 Å². The second kappa shape index (κ2) is 64.8. The Labute approximate surface area is 104 Å². The summed E-state index contributed by atoms with van der Waals surface area (Å²) in [6.45, 7) is 0. The molecule has 0 amide bonds. The molecule has 0 aromatic rings. The maximum absolute atomic E-state index is 0. The minimum Gasteiger partial charge on any atom is -0.813 e. The summed E-state index contributed by atoms with van der Waals surface area (Å²) in [5.41, 5.74) is 0. The van der Waals surface area contributed by atoms with Crippen molar-refractivity contribution in [2.75, 3.05) is 0 Å². The summed E-state index contributed by atoms with van der Waals surface area (Å²) in [5.74, 6) is 0. The number of hydrogen-bond acceptors (Lipinski definition) is 3. The molecule has 0 N–H and O–H groups in total. The van der Waals surface area contributed by atoms with Crippen LogP contribution in [0.4, 0.5) is 0 Å². The number of hydrogen-bond donors (Lipinski definition) is 0. The molecule has 0 atom stereocenters. The standard InChI is InChI=1S/3Fe.4H2S/h;;;4*1H2/p-2. The van der Waals surface area contributed by atoms with Crippen LogP contribution in [-0.4, -0.2) is 0 Å². The van der Waals surface area contributed by atoms with Crippen molar-refractivity contribution in [2.45, 2.75) is 0 Å². The van der Waals surface area contributed by atoms with Gasteiger partial charge in [-0.3, -0.25) is 0 Å². The Morgan fingerprint density at radius 2 is 0.429 bits per heavy atom. The van der Waals surface area contributed by atoms with E-state index in [9.17, 15) is 0 Å². The molecule has 0 heterocycles. The maximum Gasteiger partial charge on any atom is 0 e. The van der Waals surface area contributed by atoms with Gasteiger partial charge < -0.3 is 40.5 Å². The summed E-state index contributed by atoms with van der Waals surface area (Å²) in [7, 11) is 0. The van der Waals surface area contributed by atoms with Gasteiger partial charge in [-0.1, -0.05) is 13.5 Å². The van der Waals surface area contributed by atoms with E-state index >= 15 is 0 Å². The van der Waals surface area contributed by atoms with E-state index in [-0.39, 0.29) is 105 Å². The molecule has 0 saturated carbocycles. The Hall–Kier alpha value is 2.96. The third kappa shape index (κ3) is 49.6. The van der Waals surface area contributed by atoms with E-state index in [0.717, 1.165) is 0 Å². The maximum atomic E-state index is 0. The van der Waals surface area contributed by atoms with Crippen LogP contribution in [0.25, 0.3) is 0 Å². The molecule has 0 fully saturated rings. The van der Waals surface area contributed by atoms with Gasteiger partial charge >= 0.3 is 0 Å². The third-order valence-electron chi connectivity index (χ3n) is 0. The van der Waals surface area contributed by atoms with E-state index in [0.29, 0.717) is 0 Å². The average molecular weight is 302 g/mol. The number of rotatable bonds is 0. The van der Waals surface area contributed by atoms with Gasteiger partial charge in [0.25, 0.3) is 0 Å². The zero-order valence-electron chi connectivity index (χ0n) is 2.98. The molecule has 0 aliphatic rings. The molecule has 7 heavy (non-hydrogen) atoms. The van der Waals surface area contributed by atoms with Gasteiger partial charge in [-0.25, -0.2) is 0 Å². The van der Waals surface area contributed by atoms with Crippen LogP contribution in [0.5, 0.6) is 0 Å². The molecule has 0 aliphatic carbocycles.